The quantitative estimate of drug-likeness (QED) is 0.150. The number of pyridine rings is 2. The zero-order valence-corrected chi connectivity index (χ0v) is 31.5. The maximum absolute atomic E-state index is 4.83. The summed E-state index contributed by atoms with van der Waals surface area (Å²) in [6.45, 7) is 8.93. The minimum atomic E-state index is 0. The van der Waals surface area contributed by atoms with Crippen LogP contribution in [0.3, 0.4) is 0 Å². The summed E-state index contributed by atoms with van der Waals surface area (Å²) in [5.74, 6) is 0. The first-order chi connectivity index (χ1) is 23.8. The van der Waals surface area contributed by atoms with Crippen molar-refractivity contribution in [1.29, 1.82) is 0 Å². The number of nitrogens with zero attached hydrogens (tertiary/aromatic N) is 2. The van der Waals surface area contributed by atoms with E-state index >= 15 is 0 Å². The van der Waals surface area contributed by atoms with Crippen LogP contribution in [0.25, 0.3) is 44.8 Å². The molecular formula is C47H42IrN2-2. The predicted octanol–water partition coefficient (Wildman–Crippen LogP) is 11.9. The molecule has 0 aliphatic carbocycles. The van der Waals surface area contributed by atoms with E-state index in [2.05, 4.69) is 154 Å². The molecule has 2 nitrogen and oxygen atoms in total. The van der Waals surface area contributed by atoms with Gasteiger partial charge in [-0.05, 0) is 64.4 Å². The standard InChI is InChI=1S/C30H22N.C17H20N.Ir/c1-4-11-23(12-5-1)19-28-21-30(31-22-29(28)25-15-8-3-9-16-25)27-18-10-17-26(20-27)24-13-6-2-7-14-24;1-13-12-18-16(14-8-6-5-7-9-14)10-15(13)11-17(2,3)4;/h1-17,20-22H,19H2;5-8,10,12H,11H2,1-4H3;/q2*-1;. The van der Waals surface area contributed by atoms with Gasteiger partial charge in [0.2, 0.25) is 0 Å². The third-order valence-electron chi connectivity index (χ3n) is 8.42. The van der Waals surface area contributed by atoms with Crippen LogP contribution in [0.4, 0.5) is 0 Å². The maximum atomic E-state index is 4.83. The molecule has 0 unspecified atom stereocenters. The summed E-state index contributed by atoms with van der Waals surface area (Å²) < 4.78 is 0. The zero-order valence-electron chi connectivity index (χ0n) is 29.2. The van der Waals surface area contributed by atoms with Gasteiger partial charge in [0.05, 0.1) is 0 Å². The molecule has 5 aromatic carbocycles. The van der Waals surface area contributed by atoms with E-state index in [1.807, 2.05) is 48.8 Å². The second-order valence-electron chi connectivity index (χ2n) is 13.6. The molecule has 0 aliphatic rings. The molecule has 7 rings (SSSR count). The molecule has 2 aromatic heterocycles. The Morgan fingerprint density at radius 3 is 1.78 bits per heavy atom. The van der Waals surface area contributed by atoms with Crippen LogP contribution >= 0.6 is 0 Å². The molecule has 0 saturated carbocycles. The zero-order chi connectivity index (χ0) is 34.1. The van der Waals surface area contributed by atoms with Crippen molar-refractivity contribution >= 4 is 0 Å². The van der Waals surface area contributed by atoms with Crippen molar-refractivity contribution in [2.45, 2.75) is 40.5 Å². The van der Waals surface area contributed by atoms with Crippen LogP contribution in [0.2, 0.25) is 0 Å². The Morgan fingerprint density at radius 2 is 1.12 bits per heavy atom. The molecule has 0 N–H and O–H groups in total. The first-order valence-corrected chi connectivity index (χ1v) is 16.9. The summed E-state index contributed by atoms with van der Waals surface area (Å²) in [5.41, 5.74) is 14.3. The van der Waals surface area contributed by atoms with E-state index in [0.29, 0.717) is 5.41 Å². The fourth-order valence-corrected chi connectivity index (χ4v) is 5.94. The average Bonchev–Trinajstić information content (AvgIpc) is 3.14. The fraction of sp³-hybridized carbons (Fsp3) is 0.149. The van der Waals surface area contributed by atoms with Crippen LogP contribution in [-0.4, -0.2) is 9.97 Å². The van der Waals surface area contributed by atoms with E-state index in [9.17, 15) is 0 Å². The average molecular weight is 827 g/mol. The molecule has 1 radical (unpaired) electrons. The van der Waals surface area contributed by atoms with Crippen LogP contribution in [0.1, 0.15) is 43.0 Å². The molecule has 0 bridgehead atoms. The Labute approximate surface area is 311 Å². The molecule has 0 amide bonds. The summed E-state index contributed by atoms with van der Waals surface area (Å²) in [6, 6.07) is 56.8. The van der Waals surface area contributed by atoms with E-state index in [1.54, 1.807) is 0 Å². The number of hydrogen-bond acceptors (Lipinski definition) is 2. The van der Waals surface area contributed by atoms with Crippen molar-refractivity contribution in [2.75, 3.05) is 0 Å². The van der Waals surface area contributed by atoms with Gasteiger partial charge in [0.25, 0.3) is 0 Å². The van der Waals surface area contributed by atoms with Crippen molar-refractivity contribution in [2.24, 2.45) is 5.41 Å². The molecular weight excluding hydrogens is 785 g/mol. The Morgan fingerprint density at radius 1 is 0.540 bits per heavy atom. The molecule has 251 valence electrons. The van der Waals surface area contributed by atoms with Crippen LogP contribution in [0, 0.1) is 24.5 Å². The van der Waals surface area contributed by atoms with E-state index in [1.165, 1.54) is 44.5 Å². The molecule has 7 aromatic rings. The minimum absolute atomic E-state index is 0. The predicted molar refractivity (Wildman–Crippen MR) is 205 cm³/mol. The first kappa shape index (κ1) is 36.3. The summed E-state index contributed by atoms with van der Waals surface area (Å²) in [5, 5.41) is 0. The minimum Gasteiger partial charge on any atom is -0.304 e. The topological polar surface area (TPSA) is 25.8 Å². The van der Waals surface area contributed by atoms with E-state index in [-0.39, 0.29) is 20.1 Å². The van der Waals surface area contributed by atoms with Crippen LogP contribution in [0.5, 0.6) is 0 Å². The molecule has 0 fully saturated rings. The number of aryl methyl sites for hydroxylation is 1. The number of aromatic nitrogens is 2. The van der Waals surface area contributed by atoms with Crippen molar-refractivity contribution in [3.05, 3.63) is 192 Å². The molecule has 50 heavy (non-hydrogen) atoms. The normalized spacial score (nSPS) is 10.8. The molecule has 0 atom stereocenters. The van der Waals surface area contributed by atoms with Crippen molar-refractivity contribution in [3.8, 4) is 44.8 Å². The maximum Gasteiger partial charge on any atom is 0.0242 e. The van der Waals surface area contributed by atoms with Gasteiger partial charge in [-0.2, -0.15) is 0 Å². The van der Waals surface area contributed by atoms with Gasteiger partial charge in [0.15, 0.2) is 0 Å². The van der Waals surface area contributed by atoms with Crippen molar-refractivity contribution < 1.29 is 20.1 Å². The van der Waals surface area contributed by atoms with Gasteiger partial charge in [0, 0.05) is 38.1 Å². The summed E-state index contributed by atoms with van der Waals surface area (Å²) >= 11 is 0. The second kappa shape index (κ2) is 17.1. The second-order valence-corrected chi connectivity index (χ2v) is 13.6. The number of hydrogen-bond donors (Lipinski definition) is 0. The van der Waals surface area contributed by atoms with Crippen LogP contribution in [0.15, 0.2) is 158 Å². The number of benzene rings is 5. The van der Waals surface area contributed by atoms with E-state index in [4.69, 9.17) is 4.98 Å². The third-order valence-corrected chi connectivity index (χ3v) is 8.42. The fourth-order valence-electron chi connectivity index (χ4n) is 5.94. The SMILES string of the molecule is Cc1cnc(-c2[c-]cccc2)cc1CC(C)(C)C.[Ir].[c-]1ccc(-c2ccccc2)cc1-c1cc(Cc2ccccc2)c(-c2ccccc2)cn1. The van der Waals surface area contributed by atoms with Gasteiger partial charge in [-0.3, -0.25) is 0 Å². The van der Waals surface area contributed by atoms with Crippen LogP contribution < -0.4 is 0 Å². The molecule has 0 saturated heterocycles. The largest absolute Gasteiger partial charge is 0.304 e. The van der Waals surface area contributed by atoms with Gasteiger partial charge >= 0.3 is 0 Å². The molecule has 2 heterocycles. The van der Waals surface area contributed by atoms with Gasteiger partial charge in [-0.15, -0.1) is 71.3 Å². The first-order valence-electron chi connectivity index (χ1n) is 16.9. The Balaban J connectivity index is 0.000000219. The summed E-state index contributed by atoms with van der Waals surface area (Å²) in [6.07, 6.45) is 5.91. The van der Waals surface area contributed by atoms with Gasteiger partial charge in [-0.25, -0.2) is 0 Å². The molecule has 0 aliphatic heterocycles. The molecule has 3 heteroatoms. The summed E-state index contributed by atoms with van der Waals surface area (Å²) in [4.78, 5) is 9.34. The Hall–Kier alpha value is -4.95. The smallest absolute Gasteiger partial charge is 0.0242 e. The van der Waals surface area contributed by atoms with Gasteiger partial charge in [-0.1, -0.05) is 129 Å². The monoisotopic (exact) mass is 827 g/mol. The van der Waals surface area contributed by atoms with E-state index in [0.717, 1.165) is 35.4 Å². The summed E-state index contributed by atoms with van der Waals surface area (Å²) in [7, 11) is 0. The third kappa shape index (κ3) is 9.82. The van der Waals surface area contributed by atoms with Gasteiger partial charge < -0.3 is 9.97 Å². The Kier molecular flexibility index (Phi) is 12.4. The van der Waals surface area contributed by atoms with Crippen molar-refractivity contribution in [3.63, 3.8) is 0 Å². The van der Waals surface area contributed by atoms with Crippen LogP contribution in [-0.2, 0) is 32.9 Å². The van der Waals surface area contributed by atoms with E-state index < -0.39 is 0 Å². The van der Waals surface area contributed by atoms with Crippen molar-refractivity contribution in [1.82, 2.24) is 9.97 Å². The van der Waals surface area contributed by atoms with Gasteiger partial charge in [0.1, 0.15) is 0 Å². The number of rotatable bonds is 7. The Bertz CT molecular complexity index is 2090. The molecule has 0 spiro atoms.